The maximum Gasteiger partial charge on any atom is 0.253 e. The van der Waals surface area contributed by atoms with E-state index in [0.717, 1.165) is 43.1 Å². The molecule has 2 aromatic rings. The number of ether oxygens (including phenoxy) is 3. The van der Waals surface area contributed by atoms with Crippen molar-refractivity contribution in [3.8, 4) is 11.5 Å². The van der Waals surface area contributed by atoms with Crippen molar-refractivity contribution in [2.75, 3.05) is 40.5 Å². The van der Waals surface area contributed by atoms with Gasteiger partial charge in [-0.2, -0.15) is 0 Å². The van der Waals surface area contributed by atoms with Crippen LogP contribution in [0.2, 0.25) is 0 Å². The number of fused-ring (bicyclic) bond motifs is 1. The van der Waals surface area contributed by atoms with Crippen molar-refractivity contribution in [2.24, 2.45) is 0 Å². The molecule has 4 rings (SSSR count). The molecule has 6 nitrogen and oxygen atoms in total. The van der Waals surface area contributed by atoms with Crippen molar-refractivity contribution in [2.45, 2.75) is 25.6 Å². The molecular formula is C23H28N2O4. The number of hydrogen-bond donors (Lipinski definition) is 0. The first-order valence-corrected chi connectivity index (χ1v) is 10.1. The van der Waals surface area contributed by atoms with Gasteiger partial charge in [-0.05, 0) is 35.2 Å². The Hall–Kier alpha value is -2.57. The van der Waals surface area contributed by atoms with Crippen molar-refractivity contribution < 1.29 is 19.0 Å². The second kappa shape index (κ2) is 8.84. The number of benzene rings is 2. The number of rotatable bonds is 5. The zero-order chi connectivity index (χ0) is 20.2. The molecule has 0 N–H and O–H groups in total. The molecule has 2 aliphatic rings. The van der Waals surface area contributed by atoms with Gasteiger partial charge in [0.2, 0.25) is 0 Å². The fraction of sp³-hybridized carbons (Fsp3) is 0.435. The zero-order valence-corrected chi connectivity index (χ0v) is 17.1. The van der Waals surface area contributed by atoms with Gasteiger partial charge in [-0.25, -0.2) is 0 Å². The van der Waals surface area contributed by atoms with Crippen LogP contribution in [0.25, 0.3) is 0 Å². The lowest BCUT2D eigenvalue weighted by Crippen LogP contribution is -2.51. The van der Waals surface area contributed by atoms with Crippen molar-refractivity contribution in [1.82, 2.24) is 9.80 Å². The van der Waals surface area contributed by atoms with E-state index in [1.165, 1.54) is 11.1 Å². The van der Waals surface area contributed by atoms with Crippen LogP contribution in [0.5, 0.6) is 11.5 Å². The Morgan fingerprint density at radius 1 is 1.07 bits per heavy atom. The molecule has 1 atom stereocenters. The normalized spacial score (nSPS) is 19.5. The van der Waals surface area contributed by atoms with Crippen molar-refractivity contribution in [3.05, 3.63) is 59.2 Å². The monoisotopic (exact) mass is 396 g/mol. The smallest absolute Gasteiger partial charge is 0.253 e. The highest BCUT2D eigenvalue weighted by Gasteiger charge is 2.31. The maximum atomic E-state index is 13.1. The molecule has 2 heterocycles. The van der Waals surface area contributed by atoms with Crippen LogP contribution in [0.3, 0.4) is 0 Å². The van der Waals surface area contributed by atoms with Crippen molar-refractivity contribution in [3.63, 3.8) is 0 Å². The summed E-state index contributed by atoms with van der Waals surface area (Å²) in [5.41, 5.74) is 3.68. The topological polar surface area (TPSA) is 51.2 Å². The Bertz CT molecular complexity index is 847. The van der Waals surface area contributed by atoms with Crippen molar-refractivity contribution in [1.29, 1.82) is 0 Å². The molecular weight excluding hydrogens is 368 g/mol. The van der Waals surface area contributed by atoms with Crippen LogP contribution in [-0.2, 0) is 29.0 Å². The molecule has 1 amide bonds. The molecule has 0 aliphatic carbocycles. The first-order chi connectivity index (χ1) is 14.2. The standard InChI is InChI=1S/C23H28N2O4/c1-27-20-11-17(12-21(13-20)28-2)14-24-9-10-29-22(16-24)23(26)25-8-7-18-5-3-4-6-19(18)15-25/h3-6,11-13,22H,7-10,14-16H2,1-2H3. The summed E-state index contributed by atoms with van der Waals surface area (Å²) in [7, 11) is 3.30. The highest BCUT2D eigenvalue weighted by molar-refractivity contribution is 5.81. The van der Waals surface area contributed by atoms with Gasteiger partial charge in [-0.3, -0.25) is 9.69 Å². The number of hydrogen-bond acceptors (Lipinski definition) is 5. The molecule has 0 saturated carbocycles. The fourth-order valence-corrected chi connectivity index (χ4v) is 4.10. The molecule has 0 aromatic heterocycles. The SMILES string of the molecule is COc1cc(CN2CCOC(C(=O)N3CCc4ccccc4C3)C2)cc(OC)c1. The summed E-state index contributed by atoms with van der Waals surface area (Å²) in [5.74, 6) is 1.63. The number of carbonyl (C=O) groups is 1. The maximum absolute atomic E-state index is 13.1. The second-order valence-electron chi connectivity index (χ2n) is 7.59. The number of nitrogens with zero attached hydrogens (tertiary/aromatic N) is 2. The van der Waals surface area contributed by atoms with Gasteiger partial charge in [-0.15, -0.1) is 0 Å². The van der Waals surface area contributed by atoms with Crippen molar-refractivity contribution >= 4 is 5.91 Å². The molecule has 0 radical (unpaired) electrons. The summed E-state index contributed by atoms with van der Waals surface area (Å²) in [6, 6.07) is 14.2. The lowest BCUT2D eigenvalue weighted by Gasteiger charge is -2.36. The van der Waals surface area contributed by atoms with Gasteiger partial charge in [0.15, 0.2) is 0 Å². The average molecular weight is 396 g/mol. The number of methoxy groups -OCH3 is 2. The summed E-state index contributed by atoms with van der Waals surface area (Å²) in [5, 5.41) is 0. The molecule has 6 heteroatoms. The molecule has 29 heavy (non-hydrogen) atoms. The molecule has 2 aliphatic heterocycles. The summed E-state index contributed by atoms with van der Waals surface area (Å²) in [4.78, 5) is 17.3. The minimum Gasteiger partial charge on any atom is -0.497 e. The second-order valence-corrected chi connectivity index (χ2v) is 7.59. The largest absolute Gasteiger partial charge is 0.497 e. The first-order valence-electron chi connectivity index (χ1n) is 10.1. The van der Waals surface area contributed by atoms with Crippen LogP contribution >= 0.6 is 0 Å². The minimum atomic E-state index is -0.415. The van der Waals surface area contributed by atoms with Gasteiger partial charge in [-0.1, -0.05) is 24.3 Å². The molecule has 0 spiro atoms. The Morgan fingerprint density at radius 3 is 2.52 bits per heavy atom. The highest BCUT2D eigenvalue weighted by Crippen LogP contribution is 2.25. The zero-order valence-electron chi connectivity index (χ0n) is 17.1. The van der Waals surface area contributed by atoms with Crippen LogP contribution < -0.4 is 9.47 Å². The summed E-state index contributed by atoms with van der Waals surface area (Å²) in [6.45, 7) is 4.10. The predicted octanol–water partition coefficient (Wildman–Crippen LogP) is 2.49. The fourth-order valence-electron chi connectivity index (χ4n) is 4.10. The quantitative estimate of drug-likeness (QED) is 0.777. The van der Waals surface area contributed by atoms with E-state index in [4.69, 9.17) is 14.2 Å². The first kappa shape index (κ1) is 19.7. The lowest BCUT2D eigenvalue weighted by atomic mass is 9.99. The molecule has 1 unspecified atom stereocenters. The molecule has 1 fully saturated rings. The van der Waals surface area contributed by atoms with E-state index in [1.54, 1.807) is 14.2 Å². The van der Waals surface area contributed by atoms with E-state index >= 15 is 0 Å². The third-order valence-electron chi connectivity index (χ3n) is 5.69. The predicted molar refractivity (Wildman–Crippen MR) is 110 cm³/mol. The number of amides is 1. The van der Waals surface area contributed by atoms with E-state index in [2.05, 4.69) is 23.1 Å². The summed E-state index contributed by atoms with van der Waals surface area (Å²) >= 11 is 0. The van der Waals surface area contributed by atoms with E-state index in [9.17, 15) is 4.79 Å². The summed E-state index contributed by atoms with van der Waals surface area (Å²) in [6.07, 6.45) is 0.489. The molecule has 0 bridgehead atoms. The third kappa shape index (κ3) is 4.54. The molecule has 154 valence electrons. The Morgan fingerprint density at radius 2 is 1.79 bits per heavy atom. The Kier molecular flexibility index (Phi) is 6.02. The summed E-state index contributed by atoms with van der Waals surface area (Å²) < 4.78 is 16.6. The lowest BCUT2D eigenvalue weighted by molar-refractivity contribution is -0.150. The van der Waals surface area contributed by atoms with Crippen LogP contribution in [0, 0.1) is 0 Å². The number of carbonyl (C=O) groups excluding carboxylic acids is 1. The van der Waals surface area contributed by atoms with E-state index in [-0.39, 0.29) is 5.91 Å². The Balaban J connectivity index is 1.40. The molecule has 1 saturated heterocycles. The van der Waals surface area contributed by atoms with Crippen LogP contribution in [0.1, 0.15) is 16.7 Å². The molecule has 2 aromatic carbocycles. The van der Waals surface area contributed by atoms with Crippen LogP contribution in [-0.4, -0.2) is 62.3 Å². The van der Waals surface area contributed by atoms with Gasteiger partial charge in [0, 0.05) is 38.8 Å². The van der Waals surface area contributed by atoms with Gasteiger partial charge >= 0.3 is 0 Å². The third-order valence-corrected chi connectivity index (χ3v) is 5.69. The number of morpholine rings is 1. The van der Waals surface area contributed by atoms with Crippen LogP contribution in [0.4, 0.5) is 0 Å². The Labute approximate surface area is 172 Å². The average Bonchev–Trinajstić information content (AvgIpc) is 2.78. The van der Waals surface area contributed by atoms with Gasteiger partial charge in [0.25, 0.3) is 5.91 Å². The minimum absolute atomic E-state index is 0.0902. The van der Waals surface area contributed by atoms with Gasteiger partial charge in [0.1, 0.15) is 17.6 Å². The van der Waals surface area contributed by atoms with E-state index in [0.29, 0.717) is 19.7 Å². The highest BCUT2D eigenvalue weighted by atomic mass is 16.5. The van der Waals surface area contributed by atoms with Gasteiger partial charge < -0.3 is 19.1 Å². The van der Waals surface area contributed by atoms with Gasteiger partial charge in [0.05, 0.1) is 20.8 Å². The van der Waals surface area contributed by atoms with E-state index < -0.39 is 6.10 Å². The van der Waals surface area contributed by atoms with Crippen LogP contribution in [0.15, 0.2) is 42.5 Å². The van der Waals surface area contributed by atoms with E-state index in [1.807, 2.05) is 29.2 Å².